The Kier molecular flexibility index (Phi) is 2.72. The van der Waals surface area contributed by atoms with Crippen molar-refractivity contribution in [2.45, 2.75) is 6.42 Å². The van der Waals surface area contributed by atoms with Gasteiger partial charge in [-0.2, -0.15) is 0 Å². The monoisotopic (exact) mass is 188 g/mol. The van der Waals surface area contributed by atoms with Crippen molar-refractivity contribution in [3.63, 3.8) is 0 Å². The first-order valence-corrected chi connectivity index (χ1v) is 5.08. The van der Waals surface area contributed by atoms with Gasteiger partial charge in [0.2, 0.25) is 0 Å². The fraction of sp³-hybridized carbons (Fsp3) is 0.0909. The lowest BCUT2D eigenvalue weighted by Gasteiger charge is -2.06. The highest BCUT2D eigenvalue weighted by Crippen LogP contribution is 2.23. The average Bonchev–Trinajstić information content (AvgIpc) is 2.21. The lowest BCUT2D eigenvalue weighted by Crippen LogP contribution is -1.93. The Morgan fingerprint density at radius 2 is 2.00 bits per heavy atom. The Labute approximate surface area is 82.5 Å². The van der Waals surface area contributed by atoms with Gasteiger partial charge in [-0.1, -0.05) is 42.1 Å². The summed E-state index contributed by atoms with van der Waals surface area (Å²) in [6.45, 7) is 0. The Morgan fingerprint density at radius 3 is 2.69 bits per heavy atom. The molecule has 0 amide bonds. The highest BCUT2D eigenvalue weighted by Gasteiger charge is 2.01. The van der Waals surface area contributed by atoms with E-state index in [4.69, 9.17) is 0 Å². The molecule has 0 aliphatic carbocycles. The van der Waals surface area contributed by atoms with Gasteiger partial charge in [0.05, 0.1) is 0 Å². The zero-order valence-electron chi connectivity index (χ0n) is 7.18. The predicted molar refractivity (Wildman–Crippen MR) is 57.1 cm³/mol. The van der Waals surface area contributed by atoms with Gasteiger partial charge in [-0.05, 0) is 11.0 Å². The smallest absolute Gasteiger partial charge is 0.0369 e. The first-order valence-electron chi connectivity index (χ1n) is 4.20. The first kappa shape index (κ1) is 8.45. The van der Waals surface area contributed by atoms with Crippen molar-refractivity contribution in [3.8, 4) is 0 Å². The topological polar surface area (TPSA) is 14.1 Å². The van der Waals surface area contributed by atoms with Crippen LogP contribution in [0.4, 0.5) is 0 Å². The molecule has 0 unspecified atom stereocenters. The van der Waals surface area contributed by atoms with Gasteiger partial charge in [0.15, 0.2) is 0 Å². The van der Waals surface area contributed by atoms with Gasteiger partial charge in [0.25, 0.3) is 0 Å². The fourth-order valence-corrected chi connectivity index (χ4v) is 1.87. The van der Waals surface area contributed by atoms with Crippen LogP contribution in [0.2, 0.25) is 0 Å². The minimum atomic E-state index is 0.985. The Hall–Kier alpha value is -1.15. The minimum absolute atomic E-state index is 0.985. The van der Waals surface area contributed by atoms with E-state index < -0.39 is 0 Å². The largest absolute Gasteiger partial charge is 0.263 e. The average molecular weight is 188 g/mol. The van der Waals surface area contributed by atoms with Gasteiger partial charge < -0.3 is 0 Å². The van der Waals surface area contributed by atoms with Gasteiger partial charge in [0, 0.05) is 23.7 Å². The second-order valence-corrected chi connectivity index (χ2v) is 3.84. The summed E-state index contributed by atoms with van der Waals surface area (Å²) < 4.78 is 0. The van der Waals surface area contributed by atoms with Crippen LogP contribution in [0.3, 0.4) is 0 Å². The molecule has 0 saturated heterocycles. The van der Waals surface area contributed by atoms with Crippen molar-refractivity contribution < 1.29 is 0 Å². The van der Waals surface area contributed by atoms with Crippen LogP contribution in [0.25, 0.3) is 0 Å². The quantitative estimate of drug-likeness (QED) is 0.696. The molecule has 0 spiro atoms. The number of benzene rings is 1. The number of rotatable bonds is 2. The van der Waals surface area contributed by atoms with E-state index in [1.807, 2.05) is 23.9 Å². The van der Waals surface area contributed by atoms with Crippen LogP contribution >= 0.6 is 11.8 Å². The Morgan fingerprint density at radius 1 is 1.15 bits per heavy atom. The summed E-state index contributed by atoms with van der Waals surface area (Å²) >= 11 is 1.74. The minimum Gasteiger partial charge on any atom is -0.263 e. The third-order valence-electron chi connectivity index (χ3n) is 1.81. The standard InChI is InChI=1S/C11H10NS/c1-2-4-10(5-3-1)8-11-9-12-6-7-13-11/h1-7,9H,8H2. The molecule has 13 heavy (non-hydrogen) atoms. The van der Waals surface area contributed by atoms with Gasteiger partial charge in [0.1, 0.15) is 0 Å². The van der Waals surface area contributed by atoms with Gasteiger partial charge in [-0.3, -0.25) is 5.32 Å². The summed E-state index contributed by atoms with van der Waals surface area (Å²) in [7, 11) is 0. The third kappa shape index (κ3) is 2.39. The summed E-state index contributed by atoms with van der Waals surface area (Å²) in [5, 5.41) is 6.10. The van der Waals surface area contributed by atoms with Crippen molar-refractivity contribution in [1.82, 2.24) is 5.32 Å². The molecular weight excluding hydrogens is 178 g/mol. The molecule has 1 aromatic carbocycles. The van der Waals surface area contributed by atoms with Crippen molar-refractivity contribution >= 4 is 11.8 Å². The molecule has 0 aromatic heterocycles. The second-order valence-electron chi connectivity index (χ2n) is 2.81. The Bertz CT molecular complexity index is 327. The summed E-state index contributed by atoms with van der Waals surface area (Å²) in [5.41, 5.74) is 1.34. The highest BCUT2D eigenvalue weighted by molar-refractivity contribution is 8.05. The molecule has 1 aliphatic heterocycles. The van der Waals surface area contributed by atoms with E-state index in [0.717, 1.165) is 6.42 Å². The van der Waals surface area contributed by atoms with Crippen molar-refractivity contribution in [1.29, 1.82) is 0 Å². The van der Waals surface area contributed by atoms with E-state index in [1.54, 1.807) is 11.8 Å². The number of nitrogens with zero attached hydrogens (tertiary/aromatic N) is 1. The van der Waals surface area contributed by atoms with E-state index in [2.05, 4.69) is 29.6 Å². The molecule has 1 heterocycles. The van der Waals surface area contributed by atoms with Crippen LogP contribution in [0.5, 0.6) is 0 Å². The van der Waals surface area contributed by atoms with Crippen LogP contribution in [-0.2, 0) is 6.42 Å². The van der Waals surface area contributed by atoms with E-state index in [9.17, 15) is 0 Å². The van der Waals surface area contributed by atoms with Crippen LogP contribution in [0.15, 0.2) is 53.0 Å². The summed E-state index contributed by atoms with van der Waals surface area (Å²) in [5.74, 6) is 0. The maximum atomic E-state index is 4.09. The molecule has 0 fully saturated rings. The van der Waals surface area contributed by atoms with E-state index in [0.29, 0.717) is 0 Å². The maximum Gasteiger partial charge on any atom is 0.0369 e. The third-order valence-corrected chi connectivity index (χ3v) is 2.62. The number of hydrogen-bond donors (Lipinski definition) is 0. The van der Waals surface area contributed by atoms with Crippen molar-refractivity contribution in [2.75, 3.05) is 0 Å². The number of thioether (sulfide) groups is 1. The lowest BCUT2D eigenvalue weighted by molar-refractivity contribution is 1.12. The van der Waals surface area contributed by atoms with E-state index >= 15 is 0 Å². The van der Waals surface area contributed by atoms with Gasteiger partial charge in [-0.25, -0.2) is 0 Å². The molecule has 1 nitrogen and oxygen atoms in total. The maximum absolute atomic E-state index is 4.09. The molecule has 1 aromatic rings. The number of hydrogen-bond acceptors (Lipinski definition) is 1. The predicted octanol–water partition coefficient (Wildman–Crippen LogP) is 2.89. The van der Waals surface area contributed by atoms with Crippen LogP contribution in [0.1, 0.15) is 5.56 Å². The SMILES string of the molecule is C1=CSC(Cc2ccccc2)=C[N]1. The fourth-order valence-electron chi connectivity index (χ4n) is 1.19. The van der Waals surface area contributed by atoms with Crippen molar-refractivity contribution in [2.24, 2.45) is 0 Å². The zero-order valence-corrected chi connectivity index (χ0v) is 8.00. The molecular formula is C11H10NS. The van der Waals surface area contributed by atoms with Crippen LogP contribution in [0, 0.1) is 0 Å². The molecule has 0 bridgehead atoms. The summed E-state index contributed by atoms with van der Waals surface area (Å²) in [4.78, 5) is 1.30. The zero-order chi connectivity index (χ0) is 8.93. The van der Waals surface area contributed by atoms with E-state index in [-0.39, 0.29) is 0 Å². The number of allylic oxidation sites excluding steroid dienone is 1. The van der Waals surface area contributed by atoms with E-state index in [1.165, 1.54) is 10.5 Å². The molecule has 0 saturated carbocycles. The molecule has 65 valence electrons. The lowest BCUT2D eigenvalue weighted by atomic mass is 10.1. The molecule has 2 heteroatoms. The Balaban J connectivity index is 2.02. The summed E-state index contributed by atoms with van der Waals surface area (Å²) in [6.07, 6.45) is 4.73. The molecule has 0 N–H and O–H groups in total. The second kappa shape index (κ2) is 4.19. The molecule has 0 atom stereocenters. The van der Waals surface area contributed by atoms with Crippen LogP contribution in [-0.4, -0.2) is 0 Å². The summed E-state index contributed by atoms with van der Waals surface area (Å²) in [6, 6.07) is 10.4. The normalized spacial score (nSPS) is 14.9. The van der Waals surface area contributed by atoms with Crippen molar-refractivity contribution in [3.05, 3.63) is 58.6 Å². The van der Waals surface area contributed by atoms with Gasteiger partial charge in [-0.15, -0.1) is 0 Å². The highest BCUT2D eigenvalue weighted by atomic mass is 32.2. The molecule has 1 aliphatic rings. The van der Waals surface area contributed by atoms with Crippen LogP contribution < -0.4 is 5.32 Å². The van der Waals surface area contributed by atoms with Gasteiger partial charge >= 0.3 is 0 Å². The molecule has 2 rings (SSSR count). The first-order chi connectivity index (χ1) is 6.45. The molecule has 1 radical (unpaired) electrons.